The molecule has 0 saturated heterocycles. The first kappa shape index (κ1) is 9.39. The molecule has 0 aromatic carbocycles. The van der Waals surface area contributed by atoms with E-state index < -0.39 is 0 Å². The number of hydrogen-bond donors (Lipinski definition) is 1. The van der Waals surface area contributed by atoms with Crippen molar-refractivity contribution >= 4 is 17.2 Å². The smallest absolute Gasteiger partial charge is 0.227 e. The second kappa shape index (κ2) is 3.63. The van der Waals surface area contributed by atoms with Crippen molar-refractivity contribution in [1.29, 1.82) is 0 Å². The predicted molar refractivity (Wildman–Crippen MR) is 61.2 cm³/mol. The molecule has 1 fully saturated rings. The first-order valence-corrected chi connectivity index (χ1v) is 5.57. The fourth-order valence-corrected chi connectivity index (χ4v) is 1.95. The van der Waals surface area contributed by atoms with Gasteiger partial charge in [-0.3, -0.25) is 4.79 Å². The van der Waals surface area contributed by atoms with E-state index in [0.29, 0.717) is 0 Å². The van der Waals surface area contributed by atoms with Gasteiger partial charge in [0.1, 0.15) is 0 Å². The zero-order chi connectivity index (χ0) is 11.0. The Bertz CT molecular complexity index is 528. The van der Waals surface area contributed by atoms with Gasteiger partial charge in [0.2, 0.25) is 5.91 Å². The number of fused-ring (bicyclic) bond motifs is 1. The number of anilines is 1. The first-order valence-electron chi connectivity index (χ1n) is 5.57. The minimum Gasteiger partial charge on any atom is -0.323 e. The molecule has 0 spiro atoms. The highest BCUT2D eigenvalue weighted by molar-refractivity contribution is 5.96. The van der Waals surface area contributed by atoms with Crippen LogP contribution in [-0.4, -0.2) is 15.3 Å². The zero-order valence-corrected chi connectivity index (χ0v) is 8.89. The lowest BCUT2D eigenvalue weighted by Crippen LogP contribution is -2.28. The molecule has 1 saturated carbocycles. The summed E-state index contributed by atoms with van der Waals surface area (Å²) in [6, 6.07) is 3.80. The van der Waals surface area contributed by atoms with Crippen molar-refractivity contribution in [3.05, 3.63) is 30.7 Å². The van der Waals surface area contributed by atoms with Gasteiger partial charge in [-0.2, -0.15) is 0 Å². The van der Waals surface area contributed by atoms with Crippen LogP contribution < -0.4 is 5.32 Å². The summed E-state index contributed by atoms with van der Waals surface area (Å²) < 4.78 is 1.90. The van der Waals surface area contributed by atoms with E-state index in [1.54, 1.807) is 6.20 Å². The van der Waals surface area contributed by atoms with Crippen molar-refractivity contribution in [3.63, 3.8) is 0 Å². The Morgan fingerprint density at radius 1 is 1.44 bits per heavy atom. The molecule has 0 atom stereocenters. The maximum Gasteiger partial charge on any atom is 0.227 e. The Morgan fingerprint density at radius 3 is 3.06 bits per heavy atom. The molecule has 1 aliphatic carbocycles. The summed E-state index contributed by atoms with van der Waals surface area (Å²) in [5.41, 5.74) is 1.60. The maximum absolute atomic E-state index is 11.8. The van der Waals surface area contributed by atoms with Crippen molar-refractivity contribution in [1.82, 2.24) is 9.38 Å². The van der Waals surface area contributed by atoms with Gasteiger partial charge in [0.05, 0.1) is 5.69 Å². The first-order chi connectivity index (χ1) is 7.84. The molecule has 0 radical (unpaired) electrons. The molecule has 16 heavy (non-hydrogen) atoms. The Morgan fingerprint density at radius 2 is 2.31 bits per heavy atom. The van der Waals surface area contributed by atoms with Crippen LogP contribution in [0.5, 0.6) is 0 Å². The van der Waals surface area contributed by atoms with Crippen LogP contribution in [0.2, 0.25) is 0 Å². The molecule has 4 heteroatoms. The maximum atomic E-state index is 11.8. The van der Waals surface area contributed by atoms with Crippen molar-refractivity contribution in [3.8, 4) is 0 Å². The minimum atomic E-state index is 0.127. The summed E-state index contributed by atoms with van der Waals surface area (Å²) in [5.74, 6) is 0.331. The van der Waals surface area contributed by atoms with Gasteiger partial charge in [0.15, 0.2) is 5.65 Å². The molecule has 0 aliphatic heterocycles. The third-order valence-corrected chi connectivity index (χ3v) is 3.15. The lowest BCUT2D eigenvalue weighted by molar-refractivity contribution is -0.122. The third kappa shape index (κ3) is 1.46. The Kier molecular flexibility index (Phi) is 2.13. The van der Waals surface area contributed by atoms with Gasteiger partial charge >= 0.3 is 0 Å². The standard InChI is InChI=1S/C12H13N3O/c16-12(9-3-1-4-9)14-10-5-2-7-15-8-6-13-11(10)15/h2,5-9H,1,3-4H2,(H,14,16). The average molecular weight is 215 g/mol. The number of nitrogens with one attached hydrogen (secondary N) is 1. The number of carbonyl (C=O) groups excluding carboxylic acids is 1. The van der Waals surface area contributed by atoms with E-state index in [4.69, 9.17) is 0 Å². The second-order valence-electron chi connectivity index (χ2n) is 4.20. The highest BCUT2D eigenvalue weighted by atomic mass is 16.1. The average Bonchev–Trinajstić information content (AvgIpc) is 2.63. The van der Waals surface area contributed by atoms with E-state index in [1.807, 2.05) is 28.9 Å². The zero-order valence-electron chi connectivity index (χ0n) is 8.89. The topological polar surface area (TPSA) is 46.4 Å². The number of amides is 1. The molecule has 2 aromatic heterocycles. The number of pyridine rings is 1. The van der Waals surface area contributed by atoms with Gasteiger partial charge in [-0.25, -0.2) is 4.98 Å². The molecular weight excluding hydrogens is 202 g/mol. The van der Waals surface area contributed by atoms with Gasteiger partial charge in [0.25, 0.3) is 0 Å². The van der Waals surface area contributed by atoms with Crippen molar-refractivity contribution < 1.29 is 4.79 Å². The van der Waals surface area contributed by atoms with Crippen LogP contribution in [0.1, 0.15) is 19.3 Å². The van der Waals surface area contributed by atoms with Gasteiger partial charge in [-0.1, -0.05) is 6.42 Å². The van der Waals surface area contributed by atoms with E-state index in [2.05, 4.69) is 10.3 Å². The number of aromatic nitrogens is 2. The Balaban J connectivity index is 1.88. The molecule has 3 rings (SSSR count). The molecule has 0 bridgehead atoms. The Labute approximate surface area is 93.3 Å². The van der Waals surface area contributed by atoms with E-state index in [9.17, 15) is 4.79 Å². The van der Waals surface area contributed by atoms with Crippen LogP contribution in [0.25, 0.3) is 5.65 Å². The van der Waals surface area contributed by atoms with E-state index in [-0.39, 0.29) is 11.8 Å². The fourth-order valence-electron chi connectivity index (χ4n) is 1.95. The number of hydrogen-bond acceptors (Lipinski definition) is 2. The van der Waals surface area contributed by atoms with Crippen LogP contribution in [0, 0.1) is 5.92 Å². The lowest BCUT2D eigenvalue weighted by atomic mass is 9.85. The molecule has 0 unspecified atom stereocenters. The SMILES string of the molecule is O=C(Nc1cccn2ccnc12)C1CCC1. The van der Waals surface area contributed by atoms with Crippen molar-refractivity contribution in [2.24, 2.45) is 5.92 Å². The number of carbonyl (C=O) groups is 1. The summed E-state index contributed by atoms with van der Waals surface area (Å²) >= 11 is 0. The quantitative estimate of drug-likeness (QED) is 0.833. The predicted octanol–water partition coefficient (Wildman–Crippen LogP) is 2.07. The summed E-state index contributed by atoms with van der Waals surface area (Å²) in [6.45, 7) is 0. The van der Waals surface area contributed by atoms with E-state index >= 15 is 0 Å². The van der Waals surface area contributed by atoms with Crippen LogP contribution >= 0.6 is 0 Å². The van der Waals surface area contributed by atoms with E-state index in [0.717, 1.165) is 24.2 Å². The fraction of sp³-hybridized carbons (Fsp3) is 0.333. The van der Waals surface area contributed by atoms with Gasteiger partial charge in [-0.05, 0) is 25.0 Å². The number of nitrogens with zero attached hydrogens (tertiary/aromatic N) is 2. The van der Waals surface area contributed by atoms with Crippen LogP contribution in [0.3, 0.4) is 0 Å². The second-order valence-corrected chi connectivity index (χ2v) is 4.20. The van der Waals surface area contributed by atoms with Crippen LogP contribution in [0.4, 0.5) is 5.69 Å². The monoisotopic (exact) mass is 215 g/mol. The van der Waals surface area contributed by atoms with Crippen molar-refractivity contribution in [2.45, 2.75) is 19.3 Å². The van der Waals surface area contributed by atoms with Crippen LogP contribution in [-0.2, 0) is 4.79 Å². The van der Waals surface area contributed by atoms with Gasteiger partial charge in [0, 0.05) is 24.5 Å². The highest BCUT2D eigenvalue weighted by Crippen LogP contribution is 2.28. The van der Waals surface area contributed by atoms with Gasteiger partial charge < -0.3 is 9.72 Å². The third-order valence-electron chi connectivity index (χ3n) is 3.15. The molecule has 1 amide bonds. The molecule has 1 aliphatic rings. The summed E-state index contributed by atoms with van der Waals surface area (Å²) in [5, 5.41) is 2.95. The van der Waals surface area contributed by atoms with Crippen molar-refractivity contribution in [2.75, 3.05) is 5.32 Å². The lowest BCUT2D eigenvalue weighted by Gasteiger charge is -2.24. The molecule has 4 nitrogen and oxygen atoms in total. The normalized spacial score (nSPS) is 16.0. The molecule has 82 valence electrons. The molecule has 2 heterocycles. The molecule has 1 N–H and O–H groups in total. The number of rotatable bonds is 2. The summed E-state index contributed by atoms with van der Waals surface area (Å²) in [7, 11) is 0. The largest absolute Gasteiger partial charge is 0.323 e. The van der Waals surface area contributed by atoms with Crippen LogP contribution in [0.15, 0.2) is 30.7 Å². The molecule has 2 aromatic rings. The molecular formula is C12H13N3O. The van der Waals surface area contributed by atoms with Gasteiger partial charge in [-0.15, -0.1) is 0 Å². The number of imidazole rings is 1. The summed E-state index contributed by atoms with van der Waals surface area (Å²) in [6.07, 6.45) is 8.72. The van der Waals surface area contributed by atoms with E-state index in [1.165, 1.54) is 6.42 Å². The summed E-state index contributed by atoms with van der Waals surface area (Å²) in [4.78, 5) is 16.0. The minimum absolute atomic E-state index is 0.127. The highest BCUT2D eigenvalue weighted by Gasteiger charge is 2.25. The Hall–Kier alpha value is -1.84.